The summed E-state index contributed by atoms with van der Waals surface area (Å²) in [5.41, 5.74) is 1.23. The summed E-state index contributed by atoms with van der Waals surface area (Å²) >= 11 is 0. The highest BCUT2D eigenvalue weighted by Gasteiger charge is 2.05. The third-order valence-electron chi connectivity index (χ3n) is 5.27. The van der Waals surface area contributed by atoms with Gasteiger partial charge in [-0.1, -0.05) is 95.8 Å². The predicted molar refractivity (Wildman–Crippen MR) is 112 cm³/mol. The molecule has 0 radical (unpaired) electrons. The standard InChI is InChI=1S/C24H39N2/c1-2-3-4-5-6-7-8-9-10-11-12-13-17-20-25-21-22-26(23-25)24-18-15-14-16-19-24/h14-16,18-19,21-23H,2-13,17,20H2,1H3/q+1. The highest BCUT2D eigenvalue weighted by atomic mass is 15.1. The van der Waals surface area contributed by atoms with Gasteiger partial charge in [0.25, 0.3) is 0 Å². The number of nitrogens with zero attached hydrogens (tertiary/aromatic N) is 2. The molecule has 1 heterocycles. The molecule has 2 rings (SSSR count). The van der Waals surface area contributed by atoms with Crippen molar-refractivity contribution in [1.29, 1.82) is 0 Å². The van der Waals surface area contributed by atoms with Crippen LogP contribution in [0.4, 0.5) is 0 Å². The summed E-state index contributed by atoms with van der Waals surface area (Å²) in [6.45, 7) is 3.43. The maximum Gasteiger partial charge on any atom is 0.248 e. The van der Waals surface area contributed by atoms with Crippen LogP contribution < -0.4 is 4.57 Å². The van der Waals surface area contributed by atoms with E-state index < -0.39 is 0 Å². The summed E-state index contributed by atoms with van der Waals surface area (Å²) in [6, 6.07) is 10.5. The fraction of sp³-hybridized carbons (Fsp3) is 0.625. The van der Waals surface area contributed by atoms with Crippen molar-refractivity contribution in [3.63, 3.8) is 0 Å². The van der Waals surface area contributed by atoms with Crippen LogP contribution in [0.3, 0.4) is 0 Å². The number of hydrogen-bond donors (Lipinski definition) is 0. The Bertz CT molecular complexity index is 559. The molecule has 2 heteroatoms. The summed E-state index contributed by atoms with van der Waals surface area (Å²) in [6.07, 6.45) is 25.0. The van der Waals surface area contributed by atoms with Gasteiger partial charge in [-0.25, -0.2) is 9.13 Å². The predicted octanol–water partition coefficient (Wildman–Crippen LogP) is 6.86. The Labute approximate surface area is 161 Å². The van der Waals surface area contributed by atoms with Crippen LogP contribution in [0.15, 0.2) is 49.1 Å². The molecule has 26 heavy (non-hydrogen) atoms. The molecule has 0 aliphatic rings. The molecule has 0 bridgehead atoms. The molecule has 0 N–H and O–H groups in total. The number of hydrogen-bond acceptors (Lipinski definition) is 0. The minimum Gasteiger partial charge on any atom is -0.236 e. The van der Waals surface area contributed by atoms with E-state index in [0.717, 1.165) is 6.54 Å². The molecular weight excluding hydrogens is 316 g/mol. The van der Waals surface area contributed by atoms with Gasteiger partial charge in [0.1, 0.15) is 18.1 Å². The normalized spacial score (nSPS) is 11.1. The lowest BCUT2D eigenvalue weighted by Crippen LogP contribution is -2.30. The van der Waals surface area contributed by atoms with Gasteiger partial charge in [0.2, 0.25) is 6.33 Å². The van der Waals surface area contributed by atoms with Gasteiger partial charge in [0.05, 0.1) is 6.54 Å². The van der Waals surface area contributed by atoms with E-state index in [1.807, 2.05) is 0 Å². The molecule has 2 nitrogen and oxygen atoms in total. The number of rotatable bonds is 15. The van der Waals surface area contributed by atoms with Gasteiger partial charge in [-0.15, -0.1) is 0 Å². The highest BCUT2D eigenvalue weighted by molar-refractivity contribution is 5.30. The van der Waals surface area contributed by atoms with Gasteiger partial charge >= 0.3 is 0 Å². The van der Waals surface area contributed by atoms with Crippen LogP contribution >= 0.6 is 0 Å². The lowest BCUT2D eigenvalue weighted by atomic mass is 10.0. The topological polar surface area (TPSA) is 8.81 Å². The maximum absolute atomic E-state index is 2.31. The van der Waals surface area contributed by atoms with E-state index in [1.54, 1.807) is 0 Å². The third-order valence-corrected chi connectivity index (χ3v) is 5.27. The first kappa shape index (κ1) is 20.7. The first-order valence-corrected chi connectivity index (χ1v) is 11.0. The molecule has 0 saturated heterocycles. The van der Waals surface area contributed by atoms with Crippen LogP contribution in [0.1, 0.15) is 90.4 Å². The van der Waals surface area contributed by atoms with Crippen LogP contribution in [0.5, 0.6) is 0 Å². The second kappa shape index (κ2) is 13.6. The van der Waals surface area contributed by atoms with Crippen LogP contribution in [0.25, 0.3) is 5.69 Å². The summed E-state index contributed by atoms with van der Waals surface area (Å²) in [5, 5.41) is 0. The van der Waals surface area contributed by atoms with E-state index in [4.69, 9.17) is 0 Å². The Hall–Kier alpha value is -1.57. The van der Waals surface area contributed by atoms with Crippen molar-refractivity contribution < 1.29 is 4.57 Å². The monoisotopic (exact) mass is 355 g/mol. The molecule has 0 spiro atoms. The van der Waals surface area contributed by atoms with E-state index in [1.165, 1.54) is 89.2 Å². The third kappa shape index (κ3) is 8.69. The lowest BCUT2D eigenvalue weighted by molar-refractivity contribution is -0.696. The van der Waals surface area contributed by atoms with Crippen molar-refractivity contribution in [2.24, 2.45) is 0 Å². The first-order chi connectivity index (χ1) is 12.9. The molecule has 2 aromatic rings. The smallest absolute Gasteiger partial charge is 0.236 e. The zero-order valence-corrected chi connectivity index (χ0v) is 16.9. The van der Waals surface area contributed by atoms with Gasteiger partial charge < -0.3 is 0 Å². The SMILES string of the molecule is CCCCCCCCCCCCCCC[n+]1ccn(-c2ccccc2)c1. The van der Waals surface area contributed by atoms with Crippen molar-refractivity contribution in [2.75, 3.05) is 0 Å². The van der Waals surface area contributed by atoms with E-state index in [0.29, 0.717) is 0 Å². The van der Waals surface area contributed by atoms with Crippen molar-refractivity contribution in [3.05, 3.63) is 49.1 Å². The molecule has 144 valence electrons. The second-order valence-electron chi connectivity index (χ2n) is 7.64. The number of imidazole rings is 1. The van der Waals surface area contributed by atoms with Crippen LogP contribution in [-0.4, -0.2) is 4.57 Å². The average Bonchev–Trinajstić information content (AvgIpc) is 3.15. The van der Waals surface area contributed by atoms with Crippen LogP contribution in [0, 0.1) is 0 Å². The number of aromatic nitrogens is 2. The number of unbranched alkanes of at least 4 members (excludes halogenated alkanes) is 12. The van der Waals surface area contributed by atoms with Crippen molar-refractivity contribution in [1.82, 2.24) is 4.57 Å². The Morgan fingerprint density at radius 1 is 0.692 bits per heavy atom. The Balaban J connectivity index is 1.42. The summed E-state index contributed by atoms with van der Waals surface area (Å²) in [4.78, 5) is 0. The molecule has 1 aromatic carbocycles. The second-order valence-corrected chi connectivity index (χ2v) is 7.64. The average molecular weight is 356 g/mol. The molecule has 1 aromatic heterocycles. The zero-order valence-electron chi connectivity index (χ0n) is 16.9. The molecule has 0 atom stereocenters. The highest BCUT2D eigenvalue weighted by Crippen LogP contribution is 2.12. The van der Waals surface area contributed by atoms with Gasteiger partial charge in [-0.2, -0.15) is 0 Å². The Morgan fingerprint density at radius 3 is 1.81 bits per heavy atom. The van der Waals surface area contributed by atoms with E-state index in [9.17, 15) is 0 Å². The van der Waals surface area contributed by atoms with Gasteiger partial charge in [0.15, 0.2) is 0 Å². The molecule has 0 aliphatic heterocycles. The van der Waals surface area contributed by atoms with Gasteiger partial charge in [-0.05, 0) is 25.0 Å². The number of para-hydroxylation sites is 1. The first-order valence-electron chi connectivity index (χ1n) is 11.0. The van der Waals surface area contributed by atoms with Crippen molar-refractivity contribution in [2.45, 2.75) is 96.9 Å². The molecule has 0 amide bonds. The quantitative estimate of drug-likeness (QED) is 0.244. The molecule has 0 unspecified atom stereocenters. The summed E-state index contributed by atoms with van der Waals surface area (Å²) in [5.74, 6) is 0. The van der Waals surface area contributed by atoms with Gasteiger partial charge in [-0.3, -0.25) is 0 Å². The minimum absolute atomic E-state index is 1.14. The lowest BCUT2D eigenvalue weighted by Gasteiger charge is -2.02. The van der Waals surface area contributed by atoms with Crippen molar-refractivity contribution >= 4 is 0 Å². The number of benzene rings is 1. The Kier molecular flexibility index (Phi) is 10.9. The molecule has 0 aliphatic carbocycles. The van der Waals surface area contributed by atoms with Crippen LogP contribution in [-0.2, 0) is 6.54 Å². The van der Waals surface area contributed by atoms with Crippen LogP contribution in [0.2, 0.25) is 0 Å². The maximum atomic E-state index is 2.31. The summed E-state index contributed by atoms with van der Waals surface area (Å²) < 4.78 is 4.51. The van der Waals surface area contributed by atoms with E-state index in [-0.39, 0.29) is 0 Å². The Morgan fingerprint density at radius 2 is 1.23 bits per heavy atom. The number of aryl methyl sites for hydroxylation is 1. The van der Waals surface area contributed by atoms with E-state index >= 15 is 0 Å². The summed E-state index contributed by atoms with van der Waals surface area (Å²) in [7, 11) is 0. The zero-order chi connectivity index (χ0) is 18.3. The fourth-order valence-electron chi connectivity index (χ4n) is 3.59. The van der Waals surface area contributed by atoms with Crippen molar-refractivity contribution in [3.8, 4) is 5.69 Å². The minimum atomic E-state index is 1.14. The van der Waals surface area contributed by atoms with E-state index in [2.05, 4.69) is 65.1 Å². The largest absolute Gasteiger partial charge is 0.248 e. The molecular formula is C24H39N2+. The molecule has 0 fully saturated rings. The molecule has 0 saturated carbocycles. The van der Waals surface area contributed by atoms with Gasteiger partial charge in [0, 0.05) is 0 Å². The fourth-order valence-corrected chi connectivity index (χ4v) is 3.59.